The molecule has 3 nitrogen and oxygen atoms in total. The van der Waals surface area contributed by atoms with Gasteiger partial charge in [0, 0.05) is 12.5 Å². The maximum atomic E-state index is 13.2. The van der Waals surface area contributed by atoms with Gasteiger partial charge in [-0.3, -0.25) is 0 Å². The van der Waals surface area contributed by atoms with Crippen molar-refractivity contribution >= 4 is 15.9 Å². The Morgan fingerprint density at radius 3 is 2.86 bits per heavy atom. The predicted molar refractivity (Wildman–Crippen MR) is 51.4 cm³/mol. The summed E-state index contributed by atoms with van der Waals surface area (Å²) in [5.41, 5.74) is 0. The number of fused-ring (bicyclic) bond motifs is 1. The number of aromatic hydroxyl groups is 1. The van der Waals surface area contributed by atoms with Crippen LogP contribution in [0.4, 0.5) is 4.39 Å². The van der Waals surface area contributed by atoms with Crippen molar-refractivity contribution in [3.63, 3.8) is 0 Å². The van der Waals surface area contributed by atoms with Crippen LogP contribution < -0.4 is 9.47 Å². The van der Waals surface area contributed by atoms with Crippen molar-refractivity contribution in [1.29, 1.82) is 0 Å². The number of hydrogen-bond acceptors (Lipinski definition) is 3. The van der Waals surface area contributed by atoms with Crippen LogP contribution in [0.2, 0.25) is 0 Å². The van der Waals surface area contributed by atoms with Crippen molar-refractivity contribution < 1.29 is 19.0 Å². The van der Waals surface area contributed by atoms with E-state index in [0.29, 0.717) is 24.7 Å². The number of phenols is 1. The molecular formula is C9H8BrFO3. The molecule has 1 aliphatic heterocycles. The number of rotatable bonds is 0. The topological polar surface area (TPSA) is 38.7 Å². The zero-order valence-electron chi connectivity index (χ0n) is 7.22. The summed E-state index contributed by atoms with van der Waals surface area (Å²) in [5.74, 6) is -0.485. The van der Waals surface area contributed by atoms with Gasteiger partial charge in [-0.1, -0.05) is 0 Å². The van der Waals surface area contributed by atoms with Crippen LogP contribution in [0.3, 0.4) is 0 Å². The van der Waals surface area contributed by atoms with Crippen LogP contribution in [0.1, 0.15) is 6.42 Å². The van der Waals surface area contributed by atoms with Crippen LogP contribution >= 0.6 is 15.9 Å². The van der Waals surface area contributed by atoms with Gasteiger partial charge in [-0.2, -0.15) is 0 Å². The van der Waals surface area contributed by atoms with Gasteiger partial charge in [-0.25, -0.2) is 4.39 Å². The van der Waals surface area contributed by atoms with Gasteiger partial charge in [-0.15, -0.1) is 0 Å². The third-order valence-electron chi connectivity index (χ3n) is 1.90. The fourth-order valence-electron chi connectivity index (χ4n) is 1.23. The third kappa shape index (κ3) is 1.52. The molecule has 1 heterocycles. The normalized spacial score (nSPS) is 15.0. The van der Waals surface area contributed by atoms with E-state index in [1.807, 2.05) is 0 Å². The van der Waals surface area contributed by atoms with Crippen LogP contribution in [-0.2, 0) is 0 Å². The van der Waals surface area contributed by atoms with Crippen molar-refractivity contribution in [2.24, 2.45) is 0 Å². The molecule has 0 saturated carbocycles. The Bertz CT molecular complexity index is 368. The van der Waals surface area contributed by atoms with Crippen molar-refractivity contribution in [3.05, 3.63) is 16.4 Å². The Balaban J connectivity index is 2.55. The molecule has 0 amide bonds. The molecule has 0 unspecified atom stereocenters. The summed E-state index contributed by atoms with van der Waals surface area (Å²) in [6, 6.07) is 1.22. The van der Waals surface area contributed by atoms with E-state index < -0.39 is 11.6 Å². The molecule has 0 atom stereocenters. The fourth-order valence-corrected chi connectivity index (χ4v) is 1.74. The van der Waals surface area contributed by atoms with Gasteiger partial charge in [0.05, 0.1) is 13.2 Å². The number of ether oxygens (including phenoxy) is 2. The van der Waals surface area contributed by atoms with Gasteiger partial charge in [0.15, 0.2) is 23.1 Å². The highest BCUT2D eigenvalue weighted by Crippen LogP contribution is 2.42. The lowest BCUT2D eigenvalue weighted by Crippen LogP contribution is -1.97. The summed E-state index contributed by atoms with van der Waals surface area (Å²) in [5, 5.41) is 9.21. The monoisotopic (exact) mass is 262 g/mol. The molecule has 0 aliphatic carbocycles. The molecule has 1 aliphatic rings. The molecule has 0 aromatic heterocycles. The van der Waals surface area contributed by atoms with Crippen LogP contribution in [0.5, 0.6) is 17.2 Å². The highest BCUT2D eigenvalue weighted by Gasteiger charge is 2.20. The van der Waals surface area contributed by atoms with Crippen molar-refractivity contribution in [2.75, 3.05) is 13.2 Å². The van der Waals surface area contributed by atoms with Gasteiger partial charge >= 0.3 is 0 Å². The predicted octanol–water partition coefficient (Wildman–Crippen LogP) is 2.46. The number of halogens is 2. The highest BCUT2D eigenvalue weighted by atomic mass is 79.9. The molecule has 0 saturated heterocycles. The average molecular weight is 263 g/mol. The van der Waals surface area contributed by atoms with E-state index in [9.17, 15) is 9.50 Å². The summed E-state index contributed by atoms with van der Waals surface area (Å²) in [6.45, 7) is 0.986. The van der Waals surface area contributed by atoms with Crippen molar-refractivity contribution in [2.45, 2.75) is 6.42 Å². The molecule has 0 fully saturated rings. The first kappa shape index (κ1) is 9.58. The Morgan fingerprint density at radius 1 is 1.36 bits per heavy atom. The Hall–Kier alpha value is -0.970. The second kappa shape index (κ2) is 3.65. The van der Waals surface area contributed by atoms with E-state index in [-0.39, 0.29) is 4.47 Å². The SMILES string of the molecule is Oc1cc2c(c(Br)c1F)OCCCO2. The zero-order chi connectivity index (χ0) is 10.1. The molecule has 0 radical (unpaired) electrons. The standard InChI is InChI=1S/C9H8BrFO3/c10-7-8(11)5(12)4-6-9(7)14-3-1-2-13-6/h4,12H,1-3H2. The van der Waals surface area contributed by atoms with Gasteiger partial charge in [0.25, 0.3) is 0 Å². The summed E-state index contributed by atoms with van der Waals surface area (Å²) in [7, 11) is 0. The van der Waals surface area contributed by atoms with E-state index in [1.165, 1.54) is 6.07 Å². The smallest absolute Gasteiger partial charge is 0.182 e. The minimum absolute atomic E-state index is 0.106. The number of hydrogen-bond donors (Lipinski definition) is 1. The second-order valence-corrected chi connectivity index (χ2v) is 3.69. The molecule has 2 rings (SSSR count). The Kier molecular flexibility index (Phi) is 2.50. The molecule has 1 aromatic carbocycles. The van der Waals surface area contributed by atoms with Gasteiger partial charge in [0.2, 0.25) is 0 Å². The summed E-state index contributed by atoms with van der Waals surface area (Å²) >= 11 is 3.01. The summed E-state index contributed by atoms with van der Waals surface area (Å²) in [6.07, 6.45) is 0.740. The molecule has 0 spiro atoms. The maximum absolute atomic E-state index is 13.2. The molecule has 1 aromatic rings. The lowest BCUT2D eigenvalue weighted by Gasteiger charge is -2.10. The zero-order valence-corrected chi connectivity index (χ0v) is 8.80. The molecule has 76 valence electrons. The van der Waals surface area contributed by atoms with Gasteiger partial charge < -0.3 is 14.6 Å². The first-order valence-corrected chi connectivity index (χ1v) is 4.96. The number of phenolic OH excluding ortho intramolecular Hbond substituents is 1. The average Bonchev–Trinajstić information content (AvgIpc) is 2.39. The van der Waals surface area contributed by atoms with E-state index in [4.69, 9.17) is 9.47 Å². The van der Waals surface area contributed by atoms with Crippen LogP contribution in [-0.4, -0.2) is 18.3 Å². The minimum atomic E-state index is -0.728. The van der Waals surface area contributed by atoms with E-state index >= 15 is 0 Å². The second-order valence-electron chi connectivity index (χ2n) is 2.90. The Labute approximate surface area is 88.6 Å². The molecular weight excluding hydrogens is 255 g/mol. The lowest BCUT2D eigenvalue weighted by atomic mass is 10.3. The number of benzene rings is 1. The minimum Gasteiger partial charge on any atom is -0.505 e. The molecule has 1 N–H and O–H groups in total. The largest absolute Gasteiger partial charge is 0.505 e. The van der Waals surface area contributed by atoms with E-state index in [0.717, 1.165) is 6.42 Å². The van der Waals surface area contributed by atoms with Crippen LogP contribution in [0, 0.1) is 5.82 Å². The fraction of sp³-hybridized carbons (Fsp3) is 0.333. The molecule has 14 heavy (non-hydrogen) atoms. The van der Waals surface area contributed by atoms with E-state index in [1.54, 1.807) is 0 Å². The van der Waals surface area contributed by atoms with E-state index in [2.05, 4.69) is 15.9 Å². The van der Waals surface area contributed by atoms with Gasteiger partial charge in [0.1, 0.15) is 4.47 Å². The Morgan fingerprint density at radius 2 is 2.07 bits per heavy atom. The van der Waals surface area contributed by atoms with Crippen molar-refractivity contribution in [1.82, 2.24) is 0 Å². The first-order valence-electron chi connectivity index (χ1n) is 4.16. The van der Waals surface area contributed by atoms with Crippen molar-refractivity contribution in [3.8, 4) is 17.2 Å². The first-order chi connectivity index (χ1) is 6.70. The summed E-state index contributed by atoms with van der Waals surface area (Å²) < 4.78 is 23.9. The lowest BCUT2D eigenvalue weighted by molar-refractivity contribution is 0.296. The van der Waals surface area contributed by atoms with Crippen LogP contribution in [0.25, 0.3) is 0 Å². The quantitative estimate of drug-likeness (QED) is 0.781. The maximum Gasteiger partial charge on any atom is 0.182 e. The third-order valence-corrected chi connectivity index (χ3v) is 2.61. The van der Waals surface area contributed by atoms with Gasteiger partial charge in [-0.05, 0) is 15.9 Å². The van der Waals surface area contributed by atoms with Crippen LogP contribution in [0.15, 0.2) is 10.5 Å². The summed E-state index contributed by atoms with van der Waals surface area (Å²) in [4.78, 5) is 0. The molecule has 0 bridgehead atoms. The molecule has 5 heteroatoms. The highest BCUT2D eigenvalue weighted by molar-refractivity contribution is 9.10.